The molecule has 2 heterocycles. The Morgan fingerprint density at radius 2 is 2.23 bits per heavy atom. The normalized spacial score (nSPS) is 17.1. The van der Waals surface area contributed by atoms with Crippen LogP contribution in [-0.4, -0.2) is 17.0 Å². The van der Waals surface area contributed by atoms with Crippen molar-refractivity contribution >= 4 is 44.1 Å². The minimum absolute atomic E-state index is 0.142. The van der Waals surface area contributed by atoms with Crippen molar-refractivity contribution < 1.29 is 19.1 Å². The van der Waals surface area contributed by atoms with Crippen molar-refractivity contribution in [3.05, 3.63) is 38.6 Å². The number of hydrogen-bond acceptors (Lipinski definition) is 4. The lowest BCUT2D eigenvalue weighted by Gasteiger charge is -2.17. The summed E-state index contributed by atoms with van der Waals surface area (Å²) >= 11 is 4.50. The van der Waals surface area contributed by atoms with Crippen LogP contribution in [0.1, 0.15) is 44.7 Å². The van der Waals surface area contributed by atoms with E-state index < -0.39 is 11.9 Å². The van der Waals surface area contributed by atoms with Gasteiger partial charge < -0.3 is 14.8 Å². The first kappa shape index (κ1) is 15.3. The van der Waals surface area contributed by atoms with Gasteiger partial charge in [0.25, 0.3) is 5.91 Å². The molecule has 3 rings (SSSR count). The fourth-order valence-electron chi connectivity index (χ4n) is 2.67. The summed E-state index contributed by atoms with van der Waals surface area (Å²) in [7, 11) is 0. The lowest BCUT2D eigenvalue weighted by molar-refractivity contribution is 0.0697. The molecule has 0 spiro atoms. The van der Waals surface area contributed by atoms with Gasteiger partial charge in [-0.05, 0) is 58.8 Å². The predicted octanol–water partition coefficient (Wildman–Crippen LogP) is 4.18. The number of carboxylic acids is 1. The van der Waals surface area contributed by atoms with Crippen LogP contribution >= 0.6 is 27.3 Å². The van der Waals surface area contributed by atoms with E-state index in [1.807, 2.05) is 0 Å². The molecule has 2 aromatic heterocycles. The second-order valence-electron chi connectivity index (χ2n) is 5.42. The highest BCUT2D eigenvalue weighted by Gasteiger charge is 2.28. The molecule has 0 saturated carbocycles. The lowest BCUT2D eigenvalue weighted by atomic mass is 9.88. The third-order valence-corrected chi connectivity index (χ3v) is 5.35. The summed E-state index contributed by atoms with van der Waals surface area (Å²) in [5, 5.41) is 12.6. The molecule has 2 N–H and O–H groups in total. The monoisotopic (exact) mass is 383 g/mol. The molecule has 1 aliphatic carbocycles. The van der Waals surface area contributed by atoms with Gasteiger partial charge in [0.15, 0.2) is 10.4 Å². The molecule has 0 saturated heterocycles. The number of furan rings is 1. The molecule has 0 radical (unpaired) electrons. The van der Waals surface area contributed by atoms with E-state index in [2.05, 4.69) is 28.2 Å². The minimum Gasteiger partial charge on any atom is -0.478 e. The number of carboxylic acid groups (broad SMARTS) is 1. The highest BCUT2D eigenvalue weighted by Crippen LogP contribution is 2.39. The number of fused-ring (bicyclic) bond motifs is 1. The number of aromatic carboxylic acids is 1. The van der Waals surface area contributed by atoms with Gasteiger partial charge in [0.05, 0.1) is 5.56 Å². The second-order valence-corrected chi connectivity index (χ2v) is 7.31. The van der Waals surface area contributed by atoms with Crippen LogP contribution in [0, 0.1) is 5.92 Å². The summed E-state index contributed by atoms with van der Waals surface area (Å²) < 4.78 is 5.65. The van der Waals surface area contributed by atoms with Gasteiger partial charge in [-0.25, -0.2) is 4.79 Å². The topological polar surface area (TPSA) is 79.5 Å². The van der Waals surface area contributed by atoms with E-state index in [1.165, 1.54) is 17.4 Å². The average molecular weight is 384 g/mol. The van der Waals surface area contributed by atoms with Crippen molar-refractivity contribution in [2.75, 3.05) is 5.32 Å². The van der Waals surface area contributed by atoms with Gasteiger partial charge >= 0.3 is 5.97 Å². The van der Waals surface area contributed by atoms with Crippen LogP contribution in [-0.2, 0) is 12.8 Å². The zero-order valence-electron chi connectivity index (χ0n) is 11.8. The van der Waals surface area contributed by atoms with E-state index in [0.717, 1.165) is 29.7 Å². The fourth-order valence-corrected chi connectivity index (χ4v) is 4.37. The average Bonchev–Trinajstić information content (AvgIpc) is 3.01. The second kappa shape index (κ2) is 5.89. The van der Waals surface area contributed by atoms with Gasteiger partial charge in [0.1, 0.15) is 5.00 Å². The fraction of sp³-hybridized carbons (Fsp3) is 0.333. The van der Waals surface area contributed by atoms with Crippen molar-refractivity contribution in [2.45, 2.75) is 26.2 Å². The highest BCUT2D eigenvalue weighted by atomic mass is 79.9. The molecule has 22 heavy (non-hydrogen) atoms. The number of carbonyl (C=O) groups is 2. The van der Waals surface area contributed by atoms with Crippen molar-refractivity contribution in [3.8, 4) is 0 Å². The van der Waals surface area contributed by atoms with Gasteiger partial charge in [-0.1, -0.05) is 6.92 Å². The van der Waals surface area contributed by atoms with E-state index in [-0.39, 0.29) is 11.3 Å². The summed E-state index contributed by atoms with van der Waals surface area (Å²) in [4.78, 5) is 24.8. The molecule has 0 aliphatic heterocycles. The summed E-state index contributed by atoms with van der Waals surface area (Å²) in [6.45, 7) is 2.15. The number of nitrogens with one attached hydrogen (secondary N) is 1. The molecule has 0 aromatic carbocycles. The number of halogens is 1. The van der Waals surface area contributed by atoms with Crippen molar-refractivity contribution in [1.29, 1.82) is 0 Å². The van der Waals surface area contributed by atoms with Crippen molar-refractivity contribution in [1.82, 2.24) is 0 Å². The first-order chi connectivity index (χ1) is 10.5. The zero-order valence-corrected chi connectivity index (χ0v) is 14.2. The molecule has 1 atom stereocenters. The van der Waals surface area contributed by atoms with E-state index >= 15 is 0 Å². The molecular formula is C15H14BrNO4S. The number of thiophene rings is 1. The molecule has 116 valence electrons. The zero-order chi connectivity index (χ0) is 15.9. The van der Waals surface area contributed by atoms with Gasteiger partial charge in [-0.2, -0.15) is 0 Å². The van der Waals surface area contributed by atoms with Gasteiger partial charge in [-0.15, -0.1) is 11.3 Å². The number of amides is 1. The van der Waals surface area contributed by atoms with Crippen LogP contribution in [0.15, 0.2) is 21.2 Å². The summed E-state index contributed by atoms with van der Waals surface area (Å²) in [6, 6.07) is 3.16. The van der Waals surface area contributed by atoms with E-state index in [1.54, 1.807) is 6.07 Å². The van der Waals surface area contributed by atoms with Crippen molar-refractivity contribution in [2.24, 2.45) is 5.92 Å². The Labute approximate surface area is 139 Å². The van der Waals surface area contributed by atoms with Gasteiger partial charge in [0, 0.05) is 4.88 Å². The Bertz CT molecular complexity index is 749. The maximum Gasteiger partial charge on any atom is 0.339 e. The standard InChI is InChI=1S/C15H14BrNO4S/c1-7-2-3-8-10(6-7)22-14(12(8)15(19)20)17-13(18)9-4-5-11(16)21-9/h4-5,7H,2-3,6H2,1H3,(H,17,18)(H,19,20). The van der Waals surface area contributed by atoms with Crippen LogP contribution in [0.4, 0.5) is 5.00 Å². The maximum absolute atomic E-state index is 12.2. The molecule has 1 aliphatic rings. The minimum atomic E-state index is -0.997. The number of hydrogen-bond donors (Lipinski definition) is 2. The van der Waals surface area contributed by atoms with Crippen LogP contribution in [0.5, 0.6) is 0 Å². The number of carbonyl (C=O) groups excluding carboxylic acids is 1. The predicted molar refractivity (Wildman–Crippen MR) is 86.8 cm³/mol. The largest absolute Gasteiger partial charge is 0.478 e. The lowest BCUT2D eigenvalue weighted by Crippen LogP contribution is -2.14. The molecule has 7 heteroatoms. The summed E-state index contributed by atoms with van der Waals surface area (Å²) in [5.74, 6) is -0.761. The molecular weight excluding hydrogens is 370 g/mol. The van der Waals surface area contributed by atoms with E-state index in [9.17, 15) is 14.7 Å². The third-order valence-electron chi connectivity index (χ3n) is 3.75. The number of rotatable bonds is 3. The number of anilines is 1. The summed E-state index contributed by atoms with van der Waals surface area (Å²) in [5.41, 5.74) is 1.09. The first-order valence-electron chi connectivity index (χ1n) is 6.90. The maximum atomic E-state index is 12.2. The smallest absolute Gasteiger partial charge is 0.339 e. The molecule has 1 unspecified atom stereocenters. The molecule has 1 amide bonds. The Morgan fingerprint density at radius 3 is 2.86 bits per heavy atom. The molecule has 5 nitrogen and oxygen atoms in total. The molecule has 2 aromatic rings. The molecule has 0 fully saturated rings. The molecule has 0 bridgehead atoms. The summed E-state index contributed by atoms with van der Waals surface area (Å²) in [6.07, 6.45) is 2.59. The van der Waals surface area contributed by atoms with Crippen molar-refractivity contribution in [3.63, 3.8) is 0 Å². The van der Waals surface area contributed by atoms with E-state index in [0.29, 0.717) is 15.6 Å². The Kier molecular flexibility index (Phi) is 4.10. The Hall–Kier alpha value is -1.60. The quantitative estimate of drug-likeness (QED) is 0.832. The first-order valence-corrected chi connectivity index (χ1v) is 8.51. The van der Waals surface area contributed by atoms with E-state index in [4.69, 9.17) is 4.42 Å². The van der Waals surface area contributed by atoms with Crippen LogP contribution in [0.3, 0.4) is 0 Å². The Morgan fingerprint density at radius 1 is 1.45 bits per heavy atom. The third kappa shape index (κ3) is 2.83. The highest BCUT2D eigenvalue weighted by molar-refractivity contribution is 9.10. The van der Waals surface area contributed by atoms with Crippen LogP contribution in [0.2, 0.25) is 0 Å². The van der Waals surface area contributed by atoms with Crippen LogP contribution < -0.4 is 5.32 Å². The van der Waals surface area contributed by atoms with Gasteiger partial charge in [0.2, 0.25) is 0 Å². The van der Waals surface area contributed by atoms with Gasteiger partial charge in [-0.3, -0.25) is 4.79 Å². The SMILES string of the molecule is CC1CCc2c(sc(NC(=O)c3ccc(Br)o3)c2C(=O)O)C1. The van der Waals surface area contributed by atoms with Crippen LogP contribution in [0.25, 0.3) is 0 Å². The Balaban J connectivity index is 1.93.